The van der Waals surface area contributed by atoms with Crippen LogP contribution in [-0.2, 0) is 6.54 Å². The van der Waals surface area contributed by atoms with Gasteiger partial charge in [0.1, 0.15) is 11.6 Å². The molecule has 0 aliphatic carbocycles. The summed E-state index contributed by atoms with van der Waals surface area (Å²) in [5.41, 5.74) is 1.66. The van der Waals surface area contributed by atoms with Crippen LogP contribution in [0.25, 0.3) is 0 Å². The Morgan fingerprint density at radius 2 is 1.81 bits per heavy atom. The van der Waals surface area contributed by atoms with Crippen molar-refractivity contribution in [3.8, 4) is 0 Å². The molecule has 21 heavy (non-hydrogen) atoms. The molecule has 0 aromatic heterocycles. The Kier molecular flexibility index (Phi) is 4.87. The summed E-state index contributed by atoms with van der Waals surface area (Å²) in [6.07, 6.45) is 0. The summed E-state index contributed by atoms with van der Waals surface area (Å²) in [6, 6.07) is 10.3. The van der Waals surface area contributed by atoms with Crippen LogP contribution < -0.4 is 10.6 Å². The Hall–Kier alpha value is -2.43. The van der Waals surface area contributed by atoms with E-state index in [1.807, 2.05) is 6.92 Å². The van der Waals surface area contributed by atoms with E-state index in [2.05, 4.69) is 10.6 Å². The summed E-state index contributed by atoms with van der Waals surface area (Å²) in [5, 5.41) is 5.73. The fourth-order valence-corrected chi connectivity index (χ4v) is 1.89. The monoisotopic (exact) mass is 290 g/mol. The van der Waals surface area contributed by atoms with Gasteiger partial charge in [0, 0.05) is 36.0 Å². The minimum Gasteiger partial charge on any atom is -0.385 e. The first-order valence-corrected chi connectivity index (χ1v) is 6.66. The van der Waals surface area contributed by atoms with Crippen LogP contribution in [0, 0.1) is 11.6 Å². The van der Waals surface area contributed by atoms with E-state index in [1.54, 1.807) is 24.3 Å². The first-order valence-electron chi connectivity index (χ1n) is 6.66. The van der Waals surface area contributed by atoms with Gasteiger partial charge >= 0.3 is 0 Å². The lowest BCUT2D eigenvalue weighted by molar-refractivity contribution is 0.0950. The summed E-state index contributed by atoms with van der Waals surface area (Å²) in [4.78, 5) is 11.9. The number of amides is 1. The second kappa shape index (κ2) is 6.83. The molecule has 0 aliphatic rings. The van der Waals surface area contributed by atoms with Gasteiger partial charge in [0.15, 0.2) is 0 Å². The lowest BCUT2D eigenvalue weighted by atomic mass is 10.1. The number of nitrogens with one attached hydrogen (secondary N) is 2. The molecular weight excluding hydrogens is 274 g/mol. The Balaban J connectivity index is 1.98. The molecule has 5 heteroatoms. The van der Waals surface area contributed by atoms with Gasteiger partial charge < -0.3 is 10.6 Å². The number of anilines is 1. The maximum absolute atomic E-state index is 13.4. The SMILES string of the molecule is CCNc1ccc(C(=O)NCc2ccc(F)cc2F)cc1. The van der Waals surface area contributed by atoms with Gasteiger partial charge in [-0.05, 0) is 37.3 Å². The fraction of sp³-hybridized carbons (Fsp3) is 0.188. The third kappa shape index (κ3) is 4.02. The maximum Gasteiger partial charge on any atom is 0.251 e. The molecule has 2 N–H and O–H groups in total. The minimum atomic E-state index is -0.669. The fourth-order valence-electron chi connectivity index (χ4n) is 1.89. The van der Waals surface area contributed by atoms with Crippen molar-refractivity contribution in [3.05, 3.63) is 65.2 Å². The molecule has 0 heterocycles. The minimum absolute atomic E-state index is 0.0138. The molecule has 2 aromatic carbocycles. The van der Waals surface area contributed by atoms with E-state index in [4.69, 9.17) is 0 Å². The number of halogens is 2. The van der Waals surface area contributed by atoms with Crippen LogP contribution in [0.4, 0.5) is 14.5 Å². The van der Waals surface area contributed by atoms with Gasteiger partial charge in [-0.1, -0.05) is 6.07 Å². The molecule has 0 atom stereocenters. The van der Waals surface area contributed by atoms with Crippen molar-refractivity contribution in [2.75, 3.05) is 11.9 Å². The second-order valence-corrected chi connectivity index (χ2v) is 4.53. The van der Waals surface area contributed by atoms with Crippen LogP contribution in [0.2, 0.25) is 0 Å². The molecule has 0 bridgehead atoms. The van der Waals surface area contributed by atoms with E-state index in [9.17, 15) is 13.6 Å². The van der Waals surface area contributed by atoms with Gasteiger partial charge in [-0.15, -0.1) is 0 Å². The molecule has 2 rings (SSSR count). The molecule has 110 valence electrons. The third-order valence-corrected chi connectivity index (χ3v) is 2.98. The van der Waals surface area contributed by atoms with E-state index in [-0.39, 0.29) is 18.0 Å². The Labute approximate surface area is 122 Å². The standard InChI is InChI=1S/C16H16F2N2O/c1-2-19-14-7-4-11(5-8-14)16(21)20-10-12-3-6-13(17)9-15(12)18/h3-9,19H,2,10H2,1H3,(H,20,21). The number of hydrogen-bond donors (Lipinski definition) is 2. The largest absolute Gasteiger partial charge is 0.385 e. The first-order chi connectivity index (χ1) is 10.1. The van der Waals surface area contributed by atoms with Crippen LogP contribution in [-0.4, -0.2) is 12.5 Å². The molecule has 0 aliphatic heterocycles. The summed E-state index contributed by atoms with van der Waals surface area (Å²) < 4.78 is 26.2. The summed E-state index contributed by atoms with van der Waals surface area (Å²) in [7, 11) is 0. The van der Waals surface area contributed by atoms with E-state index in [0.717, 1.165) is 24.4 Å². The average Bonchev–Trinajstić information content (AvgIpc) is 2.47. The summed E-state index contributed by atoms with van der Waals surface area (Å²) in [6.45, 7) is 2.80. The highest BCUT2D eigenvalue weighted by molar-refractivity contribution is 5.94. The highest BCUT2D eigenvalue weighted by Crippen LogP contribution is 2.11. The Morgan fingerprint density at radius 3 is 2.43 bits per heavy atom. The zero-order chi connectivity index (χ0) is 15.2. The van der Waals surface area contributed by atoms with E-state index in [0.29, 0.717) is 5.56 Å². The van der Waals surface area contributed by atoms with E-state index < -0.39 is 11.6 Å². The molecule has 0 fully saturated rings. The predicted octanol–water partition coefficient (Wildman–Crippen LogP) is 3.33. The average molecular weight is 290 g/mol. The number of rotatable bonds is 5. The highest BCUT2D eigenvalue weighted by atomic mass is 19.1. The molecule has 0 radical (unpaired) electrons. The van der Waals surface area contributed by atoms with E-state index >= 15 is 0 Å². The molecule has 3 nitrogen and oxygen atoms in total. The zero-order valence-electron chi connectivity index (χ0n) is 11.6. The number of hydrogen-bond acceptors (Lipinski definition) is 2. The summed E-state index contributed by atoms with van der Waals surface area (Å²) >= 11 is 0. The molecular formula is C16H16F2N2O. The molecule has 0 spiro atoms. The number of carbonyl (C=O) groups excluding carboxylic acids is 1. The van der Waals surface area contributed by atoms with Gasteiger partial charge in [0.25, 0.3) is 5.91 Å². The highest BCUT2D eigenvalue weighted by Gasteiger charge is 2.08. The van der Waals surface area contributed by atoms with Crippen LogP contribution in [0.3, 0.4) is 0 Å². The molecule has 0 unspecified atom stereocenters. The van der Waals surface area contributed by atoms with Gasteiger partial charge in [-0.3, -0.25) is 4.79 Å². The van der Waals surface area contributed by atoms with Crippen molar-refractivity contribution in [2.24, 2.45) is 0 Å². The third-order valence-electron chi connectivity index (χ3n) is 2.98. The van der Waals surface area contributed by atoms with Gasteiger partial charge in [0.2, 0.25) is 0 Å². The molecule has 0 saturated carbocycles. The van der Waals surface area contributed by atoms with Crippen LogP contribution in [0.15, 0.2) is 42.5 Å². The van der Waals surface area contributed by atoms with E-state index in [1.165, 1.54) is 6.07 Å². The van der Waals surface area contributed by atoms with Crippen molar-refractivity contribution in [1.29, 1.82) is 0 Å². The normalized spacial score (nSPS) is 10.2. The van der Waals surface area contributed by atoms with Gasteiger partial charge in [-0.2, -0.15) is 0 Å². The quantitative estimate of drug-likeness (QED) is 0.887. The topological polar surface area (TPSA) is 41.1 Å². The van der Waals surface area contributed by atoms with Crippen molar-refractivity contribution in [3.63, 3.8) is 0 Å². The van der Waals surface area contributed by atoms with Crippen molar-refractivity contribution < 1.29 is 13.6 Å². The van der Waals surface area contributed by atoms with Crippen LogP contribution >= 0.6 is 0 Å². The Morgan fingerprint density at radius 1 is 1.10 bits per heavy atom. The van der Waals surface area contributed by atoms with Crippen LogP contribution in [0.5, 0.6) is 0 Å². The number of benzene rings is 2. The van der Waals surface area contributed by atoms with Crippen molar-refractivity contribution in [1.82, 2.24) is 5.32 Å². The van der Waals surface area contributed by atoms with Crippen molar-refractivity contribution >= 4 is 11.6 Å². The molecule has 2 aromatic rings. The van der Waals surface area contributed by atoms with Crippen LogP contribution in [0.1, 0.15) is 22.8 Å². The lowest BCUT2D eigenvalue weighted by Gasteiger charge is -2.08. The van der Waals surface area contributed by atoms with Crippen molar-refractivity contribution in [2.45, 2.75) is 13.5 Å². The van der Waals surface area contributed by atoms with Gasteiger partial charge in [0.05, 0.1) is 0 Å². The summed E-state index contributed by atoms with van der Waals surface area (Å²) in [5.74, 6) is -1.61. The number of carbonyl (C=O) groups is 1. The Bertz CT molecular complexity index is 627. The van der Waals surface area contributed by atoms with Gasteiger partial charge in [-0.25, -0.2) is 8.78 Å². The zero-order valence-corrected chi connectivity index (χ0v) is 11.6. The molecule has 1 amide bonds. The first kappa shape index (κ1) is 15.0. The predicted molar refractivity (Wildman–Crippen MR) is 78.1 cm³/mol. The maximum atomic E-state index is 13.4. The lowest BCUT2D eigenvalue weighted by Crippen LogP contribution is -2.23. The second-order valence-electron chi connectivity index (χ2n) is 4.53. The molecule has 0 saturated heterocycles. The smallest absolute Gasteiger partial charge is 0.251 e.